The van der Waals surface area contributed by atoms with Crippen molar-refractivity contribution in [3.63, 3.8) is 0 Å². The molecule has 0 amide bonds. The Bertz CT molecular complexity index is 301. The van der Waals surface area contributed by atoms with Gasteiger partial charge in [0.2, 0.25) is 0 Å². The second-order valence-electron chi connectivity index (χ2n) is 3.95. The lowest BCUT2D eigenvalue weighted by molar-refractivity contribution is 0.0472. The predicted octanol–water partition coefficient (Wildman–Crippen LogP) is 1.19. The van der Waals surface area contributed by atoms with E-state index in [4.69, 9.17) is 10.6 Å². The lowest BCUT2D eigenvalue weighted by atomic mass is 10.0. The SMILES string of the molecule is NNC(Cc1ccccc1)C1CSCCO1. The van der Waals surface area contributed by atoms with Crippen LogP contribution in [-0.2, 0) is 11.2 Å². The van der Waals surface area contributed by atoms with Gasteiger partial charge in [0.25, 0.3) is 0 Å². The van der Waals surface area contributed by atoms with Crippen molar-refractivity contribution in [2.45, 2.75) is 18.6 Å². The van der Waals surface area contributed by atoms with Crippen molar-refractivity contribution >= 4 is 11.8 Å². The molecule has 1 saturated heterocycles. The molecule has 88 valence electrons. The molecule has 0 spiro atoms. The Kier molecular flexibility index (Phi) is 4.66. The Balaban J connectivity index is 1.94. The molecule has 0 radical (unpaired) electrons. The van der Waals surface area contributed by atoms with Crippen LogP contribution in [0.5, 0.6) is 0 Å². The van der Waals surface area contributed by atoms with Gasteiger partial charge in [-0.3, -0.25) is 11.3 Å². The molecule has 16 heavy (non-hydrogen) atoms. The van der Waals surface area contributed by atoms with Crippen LogP contribution in [0.4, 0.5) is 0 Å². The lowest BCUT2D eigenvalue weighted by Crippen LogP contribution is -2.49. The van der Waals surface area contributed by atoms with Crippen LogP contribution in [0.3, 0.4) is 0 Å². The summed E-state index contributed by atoms with van der Waals surface area (Å²) >= 11 is 1.94. The van der Waals surface area contributed by atoms with E-state index < -0.39 is 0 Å². The first-order chi connectivity index (χ1) is 7.90. The summed E-state index contributed by atoms with van der Waals surface area (Å²) in [6, 6.07) is 10.6. The first-order valence-corrected chi connectivity index (χ1v) is 6.75. The van der Waals surface area contributed by atoms with Crippen molar-refractivity contribution in [1.29, 1.82) is 0 Å². The van der Waals surface area contributed by atoms with E-state index in [0.29, 0.717) is 0 Å². The van der Waals surface area contributed by atoms with Crippen molar-refractivity contribution in [2.24, 2.45) is 5.84 Å². The van der Waals surface area contributed by atoms with Gasteiger partial charge in [-0.05, 0) is 12.0 Å². The van der Waals surface area contributed by atoms with Gasteiger partial charge in [-0.15, -0.1) is 0 Å². The largest absolute Gasteiger partial charge is 0.375 e. The summed E-state index contributed by atoms with van der Waals surface area (Å²) in [6.45, 7) is 0.836. The third kappa shape index (κ3) is 3.22. The highest BCUT2D eigenvalue weighted by Gasteiger charge is 2.23. The number of thioether (sulfide) groups is 1. The van der Waals surface area contributed by atoms with Gasteiger partial charge in [-0.25, -0.2) is 0 Å². The quantitative estimate of drug-likeness (QED) is 0.611. The molecule has 3 nitrogen and oxygen atoms in total. The molecule has 3 N–H and O–H groups in total. The molecular weight excluding hydrogens is 220 g/mol. The Morgan fingerprint density at radius 2 is 2.25 bits per heavy atom. The van der Waals surface area contributed by atoms with Crippen molar-refractivity contribution in [3.05, 3.63) is 35.9 Å². The maximum Gasteiger partial charge on any atom is 0.0835 e. The van der Waals surface area contributed by atoms with Gasteiger partial charge in [0.05, 0.1) is 18.8 Å². The number of benzene rings is 1. The van der Waals surface area contributed by atoms with Crippen molar-refractivity contribution in [2.75, 3.05) is 18.1 Å². The zero-order chi connectivity index (χ0) is 11.2. The summed E-state index contributed by atoms with van der Waals surface area (Å²) < 4.78 is 5.74. The molecular formula is C12H18N2OS. The normalized spacial score (nSPS) is 22.9. The average Bonchev–Trinajstić information content (AvgIpc) is 2.38. The minimum atomic E-state index is 0.204. The third-order valence-corrected chi connectivity index (χ3v) is 3.82. The van der Waals surface area contributed by atoms with Crippen molar-refractivity contribution in [1.82, 2.24) is 5.43 Å². The number of nitrogens with one attached hydrogen (secondary N) is 1. The van der Waals surface area contributed by atoms with Crippen LogP contribution in [-0.4, -0.2) is 30.3 Å². The number of ether oxygens (including phenoxy) is 1. The lowest BCUT2D eigenvalue weighted by Gasteiger charge is -2.29. The molecule has 0 bridgehead atoms. The van der Waals surface area contributed by atoms with Crippen LogP contribution in [0, 0.1) is 0 Å². The second kappa shape index (κ2) is 6.25. The molecule has 1 aromatic carbocycles. The Morgan fingerprint density at radius 3 is 2.88 bits per heavy atom. The van der Waals surface area contributed by atoms with Crippen molar-refractivity contribution in [3.8, 4) is 0 Å². The van der Waals surface area contributed by atoms with Gasteiger partial charge in [0.15, 0.2) is 0 Å². The van der Waals surface area contributed by atoms with E-state index >= 15 is 0 Å². The van der Waals surface area contributed by atoms with Gasteiger partial charge < -0.3 is 4.74 Å². The number of nitrogens with two attached hydrogens (primary N) is 1. The zero-order valence-electron chi connectivity index (χ0n) is 9.26. The molecule has 2 unspecified atom stereocenters. The molecule has 1 aliphatic rings. The Hall–Kier alpha value is -0.550. The molecule has 2 atom stereocenters. The van der Waals surface area contributed by atoms with Crippen LogP contribution < -0.4 is 11.3 Å². The molecule has 1 aromatic rings. The molecule has 1 aliphatic heterocycles. The van der Waals surface area contributed by atoms with Gasteiger partial charge >= 0.3 is 0 Å². The van der Waals surface area contributed by atoms with Gasteiger partial charge in [-0.1, -0.05) is 30.3 Å². The molecule has 0 saturated carbocycles. The fourth-order valence-electron chi connectivity index (χ4n) is 1.90. The van der Waals surface area contributed by atoms with Crippen molar-refractivity contribution < 1.29 is 4.74 Å². The van der Waals surface area contributed by atoms with Gasteiger partial charge in [-0.2, -0.15) is 11.8 Å². The topological polar surface area (TPSA) is 47.3 Å². The minimum Gasteiger partial charge on any atom is -0.375 e. The van der Waals surface area contributed by atoms with Crippen LogP contribution in [0.2, 0.25) is 0 Å². The van der Waals surface area contributed by atoms with E-state index in [9.17, 15) is 0 Å². The summed E-state index contributed by atoms with van der Waals surface area (Å²) in [5.41, 5.74) is 4.18. The van der Waals surface area contributed by atoms with Gasteiger partial charge in [0, 0.05) is 11.5 Å². The zero-order valence-corrected chi connectivity index (χ0v) is 10.1. The second-order valence-corrected chi connectivity index (χ2v) is 5.10. The molecule has 1 heterocycles. The highest BCUT2D eigenvalue weighted by molar-refractivity contribution is 7.99. The number of hydrogen-bond acceptors (Lipinski definition) is 4. The number of rotatable bonds is 4. The van der Waals surface area contributed by atoms with E-state index in [1.807, 2.05) is 17.8 Å². The summed E-state index contributed by atoms with van der Waals surface area (Å²) in [6.07, 6.45) is 1.15. The summed E-state index contributed by atoms with van der Waals surface area (Å²) in [7, 11) is 0. The monoisotopic (exact) mass is 238 g/mol. The summed E-state index contributed by atoms with van der Waals surface area (Å²) in [5, 5.41) is 0. The van der Waals surface area contributed by atoms with Crippen LogP contribution in [0.25, 0.3) is 0 Å². The highest BCUT2D eigenvalue weighted by atomic mass is 32.2. The van der Waals surface area contributed by atoms with E-state index in [2.05, 4.69) is 29.7 Å². The van der Waals surface area contributed by atoms with E-state index in [0.717, 1.165) is 24.5 Å². The number of hydrazine groups is 1. The van der Waals surface area contributed by atoms with Gasteiger partial charge in [0.1, 0.15) is 0 Å². The van der Waals surface area contributed by atoms with E-state index in [1.54, 1.807) is 0 Å². The summed E-state index contributed by atoms with van der Waals surface area (Å²) in [4.78, 5) is 0. The van der Waals surface area contributed by atoms with Crippen LogP contribution >= 0.6 is 11.8 Å². The summed E-state index contributed by atoms with van der Waals surface area (Å²) in [5.74, 6) is 7.74. The maximum absolute atomic E-state index is 5.74. The van der Waals surface area contributed by atoms with Crippen LogP contribution in [0.15, 0.2) is 30.3 Å². The fraction of sp³-hybridized carbons (Fsp3) is 0.500. The third-order valence-electron chi connectivity index (χ3n) is 2.80. The molecule has 0 aliphatic carbocycles. The first-order valence-electron chi connectivity index (χ1n) is 5.59. The molecule has 1 fully saturated rings. The molecule has 4 heteroatoms. The predicted molar refractivity (Wildman–Crippen MR) is 68.3 cm³/mol. The smallest absolute Gasteiger partial charge is 0.0835 e. The Morgan fingerprint density at radius 1 is 1.44 bits per heavy atom. The maximum atomic E-state index is 5.74. The van der Waals surface area contributed by atoms with E-state index in [1.165, 1.54) is 5.56 Å². The molecule has 0 aromatic heterocycles. The first kappa shape index (κ1) is 11.9. The van der Waals surface area contributed by atoms with Crippen LogP contribution in [0.1, 0.15) is 5.56 Å². The highest BCUT2D eigenvalue weighted by Crippen LogP contribution is 2.17. The van der Waals surface area contributed by atoms with E-state index in [-0.39, 0.29) is 12.1 Å². The molecule has 2 rings (SSSR count). The number of hydrogen-bond donors (Lipinski definition) is 2. The Labute approximate surface area is 101 Å². The standard InChI is InChI=1S/C12H18N2OS/c13-14-11(12-9-16-7-6-15-12)8-10-4-2-1-3-5-10/h1-5,11-12,14H,6-9,13H2. The minimum absolute atomic E-state index is 0.204. The fourth-order valence-corrected chi connectivity index (χ4v) is 2.85. The average molecular weight is 238 g/mol.